The van der Waals surface area contributed by atoms with Crippen LogP contribution >= 0.6 is 11.3 Å². The Kier molecular flexibility index (Phi) is 6.10. The molecule has 0 saturated heterocycles. The third-order valence-electron chi connectivity index (χ3n) is 4.70. The van der Waals surface area contributed by atoms with Crippen molar-refractivity contribution in [2.24, 2.45) is 0 Å². The predicted octanol–water partition coefficient (Wildman–Crippen LogP) is 5.93. The number of ether oxygens (including phenoxy) is 1. The van der Waals surface area contributed by atoms with E-state index in [9.17, 15) is 9.59 Å². The van der Waals surface area contributed by atoms with Gasteiger partial charge in [-0.3, -0.25) is 9.59 Å². The minimum atomic E-state index is -0.350. The first-order valence-electron chi connectivity index (χ1n) is 9.64. The number of amides is 2. The summed E-state index contributed by atoms with van der Waals surface area (Å²) in [6.45, 7) is 0. The van der Waals surface area contributed by atoms with Gasteiger partial charge < -0.3 is 15.4 Å². The van der Waals surface area contributed by atoms with Crippen molar-refractivity contribution < 1.29 is 14.3 Å². The van der Waals surface area contributed by atoms with Crippen molar-refractivity contribution in [2.75, 3.05) is 17.7 Å². The molecule has 0 unspecified atom stereocenters. The van der Waals surface area contributed by atoms with Crippen LogP contribution in [0.2, 0.25) is 0 Å². The molecular weight excluding hydrogens is 408 g/mol. The fourth-order valence-electron chi connectivity index (χ4n) is 3.20. The molecule has 0 saturated carbocycles. The minimum absolute atomic E-state index is 0.306. The number of thiophene rings is 1. The lowest BCUT2D eigenvalue weighted by Gasteiger charge is -2.13. The molecule has 0 radical (unpaired) electrons. The number of benzene rings is 3. The van der Waals surface area contributed by atoms with Crippen molar-refractivity contribution in [3.05, 3.63) is 101 Å². The van der Waals surface area contributed by atoms with Crippen LogP contribution in [-0.2, 0) is 0 Å². The van der Waals surface area contributed by atoms with E-state index in [-0.39, 0.29) is 11.8 Å². The zero-order valence-electron chi connectivity index (χ0n) is 16.8. The van der Waals surface area contributed by atoms with E-state index in [0.29, 0.717) is 28.3 Å². The SMILES string of the molecule is COc1ccccc1C(=O)Nc1ccccc1C(=O)Nc1cccc(-c2cccs2)c1. The van der Waals surface area contributed by atoms with Gasteiger partial charge in [0.1, 0.15) is 5.75 Å². The predicted molar refractivity (Wildman–Crippen MR) is 125 cm³/mol. The van der Waals surface area contributed by atoms with E-state index in [4.69, 9.17) is 4.74 Å². The Hall–Kier alpha value is -3.90. The molecule has 31 heavy (non-hydrogen) atoms. The minimum Gasteiger partial charge on any atom is -0.496 e. The number of hydrogen-bond acceptors (Lipinski definition) is 4. The molecule has 4 aromatic rings. The lowest BCUT2D eigenvalue weighted by molar-refractivity contribution is 0.102. The van der Waals surface area contributed by atoms with Gasteiger partial charge in [-0.2, -0.15) is 0 Å². The Bertz CT molecular complexity index is 1220. The Morgan fingerprint density at radius 1 is 0.774 bits per heavy atom. The van der Waals surface area contributed by atoms with Crippen LogP contribution in [0.3, 0.4) is 0 Å². The maximum atomic E-state index is 13.0. The van der Waals surface area contributed by atoms with E-state index in [2.05, 4.69) is 10.6 Å². The van der Waals surface area contributed by atoms with Crippen LogP contribution in [0, 0.1) is 0 Å². The molecular formula is C25H20N2O3S. The van der Waals surface area contributed by atoms with Crippen molar-refractivity contribution in [1.82, 2.24) is 0 Å². The van der Waals surface area contributed by atoms with Gasteiger partial charge in [0.2, 0.25) is 0 Å². The number of methoxy groups -OCH3 is 1. The van der Waals surface area contributed by atoms with Crippen molar-refractivity contribution in [2.45, 2.75) is 0 Å². The molecule has 154 valence electrons. The Balaban J connectivity index is 1.55. The molecule has 1 heterocycles. The summed E-state index contributed by atoms with van der Waals surface area (Å²) in [5.74, 6) is -0.191. The first-order chi connectivity index (χ1) is 15.2. The van der Waals surface area contributed by atoms with E-state index >= 15 is 0 Å². The average Bonchev–Trinajstić information content (AvgIpc) is 3.34. The van der Waals surface area contributed by atoms with E-state index in [1.165, 1.54) is 7.11 Å². The number of carbonyl (C=O) groups is 2. The van der Waals surface area contributed by atoms with Crippen molar-refractivity contribution in [1.29, 1.82) is 0 Å². The third-order valence-corrected chi connectivity index (χ3v) is 5.62. The highest BCUT2D eigenvalue weighted by molar-refractivity contribution is 7.13. The zero-order valence-corrected chi connectivity index (χ0v) is 17.6. The molecule has 0 aliphatic rings. The smallest absolute Gasteiger partial charge is 0.259 e. The highest BCUT2D eigenvalue weighted by atomic mass is 32.1. The molecule has 2 amide bonds. The Morgan fingerprint density at radius 2 is 1.52 bits per heavy atom. The normalized spacial score (nSPS) is 10.4. The topological polar surface area (TPSA) is 67.4 Å². The average molecular weight is 429 g/mol. The largest absolute Gasteiger partial charge is 0.496 e. The second-order valence-corrected chi connectivity index (χ2v) is 7.66. The maximum Gasteiger partial charge on any atom is 0.259 e. The van der Waals surface area contributed by atoms with Crippen LogP contribution in [-0.4, -0.2) is 18.9 Å². The van der Waals surface area contributed by atoms with Gasteiger partial charge in [0.15, 0.2) is 0 Å². The summed E-state index contributed by atoms with van der Waals surface area (Å²) in [5, 5.41) is 7.77. The molecule has 3 aromatic carbocycles. The molecule has 5 nitrogen and oxygen atoms in total. The van der Waals surface area contributed by atoms with Gasteiger partial charge in [0.05, 0.1) is 23.9 Å². The highest BCUT2D eigenvalue weighted by Crippen LogP contribution is 2.27. The lowest BCUT2D eigenvalue weighted by Crippen LogP contribution is -2.18. The standard InChI is InChI=1S/C25H20N2O3S/c1-30-22-13-5-3-11-20(22)25(29)27-21-12-4-2-10-19(21)24(28)26-18-9-6-8-17(16-18)23-14-7-15-31-23/h2-16H,1H3,(H,26,28)(H,27,29). The van der Waals surface area contributed by atoms with Gasteiger partial charge >= 0.3 is 0 Å². The first kappa shape index (κ1) is 20.4. The summed E-state index contributed by atoms with van der Waals surface area (Å²) in [6, 6.07) is 25.6. The number of hydrogen-bond donors (Lipinski definition) is 2. The number of para-hydroxylation sites is 2. The van der Waals surface area contributed by atoms with Crippen molar-refractivity contribution >= 4 is 34.5 Å². The molecule has 0 spiro atoms. The number of anilines is 2. The summed E-state index contributed by atoms with van der Waals surface area (Å²) in [5.41, 5.74) is 2.90. The van der Waals surface area contributed by atoms with Gasteiger partial charge in [-0.1, -0.05) is 42.5 Å². The molecule has 0 aliphatic heterocycles. The first-order valence-corrected chi connectivity index (χ1v) is 10.5. The van der Waals surface area contributed by atoms with Crippen LogP contribution < -0.4 is 15.4 Å². The zero-order chi connectivity index (χ0) is 21.6. The van der Waals surface area contributed by atoms with Crippen molar-refractivity contribution in [3.8, 4) is 16.2 Å². The molecule has 0 bridgehead atoms. The van der Waals surface area contributed by atoms with E-state index in [0.717, 1.165) is 10.4 Å². The highest BCUT2D eigenvalue weighted by Gasteiger charge is 2.16. The summed E-state index contributed by atoms with van der Waals surface area (Å²) < 4.78 is 5.26. The third kappa shape index (κ3) is 4.65. The summed E-state index contributed by atoms with van der Waals surface area (Å²) >= 11 is 1.64. The molecule has 2 N–H and O–H groups in total. The van der Waals surface area contributed by atoms with Crippen LogP contribution in [0.5, 0.6) is 5.75 Å². The van der Waals surface area contributed by atoms with E-state index < -0.39 is 0 Å². The number of carbonyl (C=O) groups excluding carboxylic acids is 2. The molecule has 0 atom stereocenters. The quantitative estimate of drug-likeness (QED) is 0.400. The monoisotopic (exact) mass is 428 g/mol. The molecule has 0 fully saturated rings. The fraction of sp³-hybridized carbons (Fsp3) is 0.0400. The maximum absolute atomic E-state index is 13.0. The second kappa shape index (κ2) is 9.28. The van der Waals surface area contributed by atoms with Crippen LogP contribution in [0.25, 0.3) is 10.4 Å². The van der Waals surface area contributed by atoms with Crippen LogP contribution in [0.15, 0.2) is 90.3 Å². The fourth-order valence-corrected chi connectivity index (χ4v) is 3.93. The van der Waals surface area contributed by atoms with Gasteiger partial charge in [-0.15, -0.1) is 11.3 Å². The molecule has 6 heteroatoms. The lowest BCUT2D eigenvalue weighted by atomic mass is 10.1. The van der Waals surface area contributed by atoms with E-state index in [1.807, 2.05) is 41.8 Å². The summed E-state index contributed by atoms with van der Waals surface area (Å²) in [7, 11) is 1.51. The molecule has 0 aliphatic carbocycles. The molecule has 1 aromatic heterocycles. The molecule has 4 rings (SSSR count). The van der Waals surface area contributed by atoms with Gasteiger partial charge in [0.25, 0.3) is 11.8 Å². The van der Waals surface area contributed by atoms with Gasteiger partial charge in [-0.05, 0) is 53.4 Å². The van der Waals surface area contributed by atoms with Crippen molar-refractivity contribution in [3.63, 3.8) is 0 Å². The van der Waals surface area contributed by atoms with Gasteiger partial charge in [0, 0.05) is 10.6 Å². The Labute approximate surface area is 184 Å². The van der Waals surface area contributed by atoms with E-state index in [1.54, 1.807) is 59.9 Å². The summed E-state index contributed by atoms with van der Waals surface area (Å²) in [4.78, 5) is 26.9. The van der Waals surface area contributed by atoms with Crippen LogP contribution in [0.1, 0.15) is 20.7 Å². The second-order valence-electron chi connectivity index (χ2n) is 6.71. The van der Waals surface area contributed by atoms with Crippen LogP contribution in [0.4, 0.5) is 11.4 Å². The summed E-state index contributed by atoms with van der Waals surface area (Å²) in [6.07, 6.45) is 0. The number of nitrogens with one attached hydrogen (secondary N) is 2. The number of rotatable bonds is 6. The Morgan fingerprint density at radius 3 is 2.29 bits per heavy atom. The van der Waals surface area contributed by atoms with Gasteiger partial charge in [-0.25, -0.2) is 0 Å².